The van der Waals surface area contributed by atoms with Crippen molar-refractivity contribution in [2.24, 2.45) is 0 Å². The Labute approximate surface area is 223 Å². The maximum Gasteiger partial charge on any atom is 0.328 e. The first-order valence-electron chi connectivity index (χ1n) is 13.7. The second-order valence-electron chi connectivity index (χ2n) is 10.8. The van der Waals surface area contributed by atoms with E-state index in [4.69, 9.17) is 10.2 Å². The van der Waals surface area contributed by atoms with Crippen LogP contribution in [0, 0.1) is 0 Å². The number of Topliss-reactive ketones (excluding diaryl/α,β-unsaturated/α-hetero) is 1. The van der Waals surface area contributed by atoms with Crippen molar-refractivity contribution in [3.8, 4) is 0 Å². The monoisotopic (exact) mass is 516 g/mol. The quantitative estimate of drug-likeness (QED) is 0.554. The summed E-state index contributed by atoms with van der Waals surface area (Å²) < 4.78 is 0. The molecule has 200 valence electrons. The predicted molar refractivity (Wildman–Crippen MR) is 145 cm³/mol. The summed E-state index contributed by atoms with van der Waals surface area (Å²) in [6.45, 7) is 2.95. The van der Waals surface area contributed by atoms with Crippen molar-refractivity contribution in [1.29, 1.82) is 0 Å². The van der Waals surface area contributed by atoms with Gasteiger partial charge in [0.2, 0.25) is 0 Å². The van der Waals surface area contributed by atoms with Crippen molar-refractivity contribution in [3.63, 3.8) is 0 Å². The molecule has 2 unspecified atom stereocenters. The Balaban J connectivity index is 0.000000323. The number of likely N-dealkylation sites (tertiary alicyclic amines) is 1. The SMILES string of the molecule is O=C(O)C=CC(=O)O.O=C1CCN(c2ccccc2)C12CCN(C1CCC3CCCc4cccc1c43)CC2. The molecule has 7 nitrogen and oxygen atoms in total. The fraction of sp³-hybridized carbons (Fsp3) is 0.452. The Kier molecular flexibility index (Phi) is 7.65. The Hall–Kier alpha value is -3.45. The number of benzene rings is 2. The third kappa shape index (κ3) is 5.12. The summed E-state index contributed by atoms with van der Waals surface area (Å²) in [6, 6.07) is 18.2. The zero-order valence-corrected chi connectivity index (χ0v) is 21.7. The normalized spacial score (nSPS) is 24.1. The molecule has 2 N–H and O–H groups in total. The lowest BCUT2D eigenvalue weighted by molar-refractivity contribution is -0.134. The molecule has 2 aliphatic heterocycles. The molecular formula is C31H36N2O5. The van der Waals surface area contributed by atoms with Gasteiger partial charge in [0.25, 0.3) is 0 Å². The van der Waals surface area contributed by atoms with E-state index >= 15 is 0 Å². The highest BCUT2D eigenvalue weighted by molar-refractivity contribution is 5.95. The molecule has 0 amide bonds. The van der Waals surface area contributed by atoms with Gasteiger partial charge in [-0.25, -0.2) is 9.59 Å². The van der Waals surface area contributed by atoms with Gasteiger partial charge in [-0.05, 0) is 79.7 Å². The molecule has 0 aromatic heterocycles. The summed E-state index contributed by atoms with van der Waals surface area (Å²) in [6.07, 6.45) is 10.4. The number of aryl methyl sites for hydroxylation is 1. The van der Waals surface area contributed by atoms with E-state index in [0.29, 0.717) is 30.4 Å². The Bertz CT molecular complexity index is 1200. The van der Waals surface area contributed by atoms with E-state index in [-0.39, 0.29) is 5.54 Å². The molecule has 2 atom stereocenters. The van der Waals surface area contributed by atoms with Crippen LogP contribution in [0.4, 0.5) is 5.69 Å². The number of piperidine rings is 1. The topological polar surface area (TPSA) is 98.1 Å². The largest absolute Gasteiger partial charge is 0.478 e. The molecule has 6 rings (SSSR count). The van der Waals surface area contributed by atoms with Crippen LogP contribution in [-0.4, -0.2) is 58.0 Å². The van der Waals surface area contributed by atoms with Crippen molar-refractivity contribution in [2.75, 3.05) is 24.5 Å². The van der Waals surface area contributed by atoms with Crippen molar-refractivity contribution in [2.45, 2.75) is 68.9 Å². The number of carbonyl (C=O) groups excluding carboxylic acids is 1. The fourth-order valence-corrected chi connectivity index (χ4v) is 7.20. The second-order valence-corrected chi connectivity index (χ2v) is 10.8. The third-order valence-corrected chi connectivity index (χ3v) is 8.89. The van der Waals surface area contributed by atoms with E-state index in [1.54, 1.807) is 16.7 Å². The summed E-state index contributed by atoms with van der Waals surface area (Å²) in [5.74, 6) is -1.26. The first kappa shape index (κ1) is 26.2. The summed E-state index contributed by atoms with van der Waals surface area (Å²) >= 11 is 0. The number of aliphatic carboxylic acids is 2. The standard InChI is InChI=1S/C27H32N2O.C4H4O4/c30-25-14-17-29(22-9-2-1-3-10-22)27(25)15-18-28(19-16-27)24-13-12-21-7-4-6-20-8-5-11-23(24)26(20)21;5-3(6)1-2-4(7)8/h1-3,5,8-11,21,24H,4,6-7,12-19H2;1-2H,(H,5,6)(H,7,8). The van der Waals surface area contributed by atoms with E-state index in [2.05, 4.69) is 58.3 Å². The van der Waals surface area contributed by atoms with E-state index in [1.165, 1.54) is 37.8 Å². The molecule has 0 radical (unpaired) electrons. The van der Waals surface area contributed by atoms with Crippen LogP contribution in [0.2, 0.25) is 0 Å². The number of carboxylic acid groups (broad SMARTS) is 2. The van der Waals surface area contributed by atoms with Crippen LogP contribution < -0.4 is 4.90 Å². The van der Waals surface area contributed by atoms with E-state index in [1.807, 2.05) is 0 Å². The van der Waals surface area contributed by atoms with Crippen LogP contribution in [0.1, 0.15) is 73.6 Å². The third-order valence-electron chi connectivity index (χ3n) is 8.89. The van der Waals surface area contributed by atoms with Crippen LogP contribution in [0.15, 0.2) is 60.7 Å². The number of rotatable bonds is 4. The first-order valence-corrected chi connectivity index (χ1v) is 13.7. The van der Waals surface area contributed by atoms with Gasteiger partial charge in [-0.15, -0.1) is 0 Å². The zero-order chi connectivity index (χ0) is 26.7. The molecule has 0 bridgehead atoms. The number of para-hydroxylation sites is 1. The van der Waals surface area contributed by atoms with Gasteiger partial charge in [0.05, 0.1) is 0 Å². The molecule has 2 aliphatic carbocycles. The molecule has 2 aromatic carbocycles. The van der Waals surface area contributed by atoms with Gasteiger partial charge in [0, 0.05) is 49.9 Å². The number of hydrogen-bond donors (Lipinski definition) is 2. The van der Waals surface area contributed by atoms with Gasteiger partial charge < -0.3 is 15.1 Å². The molecule has 0 saturated carbocycles. The Morgan fingerprint density at radius 3 is 2.24 bits per heavy atom. The maximum atomic E-state index is 13.1. The van der Waals surface area contributed by atoms with Gasteiger partial charge in [0.15, 0.2) is 5.78 Å². The van der Waals surface area contributed by atoms with Crippen molar-refractivity contribution >= 4 is 23.4 Å². The van der Waals surface area contributed by atoms with Gasteiger partial charge in [-0.2, -0.15) is 0 Å². The van der Waals surface area contributed by atoms with Crippen LogP contribution in [0.25, 0.3) is 0 Å². The van der Waals surface area contributed by atoms with Crippen LogP contribution in [-0.2, 0) is 20.8 Å². The van der Waals surface area contributed by atoms with Crippen molar-refractivity contribution in [1.82, 2.24) is 4.90 Å². The van der Waals surface area contributed by atoms with Crippen LogP contribution in [0.5, 0.6) is 0 Å². The highest BCUT2D eigenvalue weighted by Gasteiger charge is 2.50. The number of carbonyl (C=O) groups is 3. The fourth-order valence-electron chi connectivity index (χ4n) is 7.20. The zero-order valence-electron chi connectivity index (χ0n) is 21.7. The molecular weight excluding hydrogens is 480 g/mol. The molecule has 7 heteroatoms. The van der Waals surface area contributed by atoms with Crippen molar-refractivity contribution in [3.05, 3.63) is 77.4 Å². The average Bonchev–Trinajstić information content (AvgIpc) is 3.24. The van der Waals surface area contributed by atoms with Gasteiger partial charge in [0.1, 0.15) is 5.54 Å². The molecule has 2 aromatic rings. The highest BCUT2D eigenvalue weighted by Crippen LogP contribution is 2.48. The number of anilines is 1. The molecule has 38 heavy (non-hydrogen) atoms. The smallest absolute Gasteiger partial charge is 0.328 e. The molecule has 2 saturated heterocycles. The summed E-state index contributed by atoms with van der Waals surface area (Å²) in [4.78, 5) is 37.3. The van der Waals surface area contributed by atoms with Crippen LogP contribution in [0.3, 0.4) is 0 Å². The van der Waals surface area contributed by atoms with E-state index in [0.717, 1.165) is 38.4 Å². The summed E-state index contributed by atoms with van der Waals surface area (Å²) in [5.41, 5.74) is 5.86. The molecule has 2 heterocycles. The van der Waals surface area contributed by atoms with Crippen molar-refractivity contribution < 1.29 is 24.6 Å². The lowest BCUT2D eigenvalue weighted by Gasteiger charge is -2.48. The number of carboxylic acids is 2. The van der Waals surface area contributed by atoms with Gasteiger partial charge in [-0.1, -0.05) is 36.4 Å². The minimum Gasteiger partial charge on any atom is -0.478 e. The number of hydrogen-bond acceptors (Lipinski definition) is 5. The van der Waals surface area contributed by atoms with Gasteiger partial charge >= 0.3 is 11.9 Å². The lowest BCUT2D eigenvalue weighted by atomic mass is 9.71. The number of nitrogens with zero attached hydrogens (tertiary/aromatic N) is 2. The second kappa shape index (κ2) is 11.1. The van der Waals surface area contributed by atoms with E-state index in [9.17, 15) is 14.4 Å². The predicted octanol–water partition coefficient (Wildman–Crippen LogP) is 4.97. The molecule has 1 spiro atoms. The average molecular weight is 517 g/mol. The summed E-state index contributed by atoms with van der Waals surface area (Å²) in [7, 11) is 0. The van der Waals surface area contributed by atoms with Crippen LogP contribution >= 0.6 is 0 Å². The first-order chi connectivity index (χ1) is 18.4. The molecule has 2 fully saturated rings. The minimum absolute atomic E-state index is 0.273. The Morgan fingerprint density at radius 1 is 0.842 bits per heavy atom. The Morgan fingerprint density at radius 2 is 1.55 bits per heavy atom. The summed E-state index contributed by atoms with van der Waals surface area (Å²) in [5, 5.41) is 15.6. The minimum atomic E-state index is -1.26. The maximum absolute atomic E-state index is 13.1. The van der Waals surface area contributed by atoms with Gasteiger partial charge in [-0.3, -0.25) is 9.69 Å². The van der Waals surface area contributed by atoms with E-state index < -0.39 is 11.9 Å². The molecule has 4 aliphatic rings. The number of ketones is 1. The highest BCUT2D eigenvalue weighted by atomic mass is 16.4. The lowest BCUT2D eigenvalue weighted by Crippen LogP contribution is -2.56.